The van der Waals surface area contributed by atoms with Gasteiger partial charge in [0.2, 0.25) is 11.8 Å². The molecule has 1 aliphatic heterocycles. The maximum absolute atomic E-state index is 11.8. The number of nitrogens with zero attached hydrogens (tertiary/aromatic N) is 1. The van der Waals surface area contributed by atoms with Crippen molar-refractivity contribution in [1.82, 2.24) is 10.2 Å². The van der Waals surface area contributed by atoms with Gasteiger partial charge in [0.15, 0.2) is 0 Å². The Morgan fingerprint density at radius 3 is 2.74 bits per heavy atom. The topological polar surface area (TPSA) is 49.4 Å². The van der Waals surface area contributed by atoms with E-state index < -0.39 is 0 Å². The molecule has 0 saturated carbocycles. The lowest BCUT2D eigenvalue weighted by molar-refractivity contribution is -0.133. The average Bonchev–Trinajstić information content (AvgIpc) is 2.76. The minimum absolute atomic E-state index is 0.0707. The fourth-order valence-corrected chi connectivity index (χ4v) is 2.38. The van der Waals surface area contributed by atoms with Crippen LogP contribution < -0.4 is 5.32 Å². The normalized spacial score (nSPS) is 16.5. The summed E-state index contributed by atoms with van der Waals surface area (Å²) in [5, 5.41) is 2.94. The lowest BCUT2D eigenvalue weighted by Crippen LogP contribution is -2.42. The molecule has 102 valence electrons. The summed E-state index contributed by atoms with van der Waals surface area (Å²) in [7, 11) is 0. The van der Waals surface area contributed by atoms with E-state index >= 15 is 0 Å². The lowest BCUT2D eigenvalue weighted by atomic mass is 10.1. The molecule has 1 heterocycles. The highest BCUT2D eigenvalue weighted by molar-refractivity contribution is 5.85. The molecule has 2 amide bonds. The van der Waals surface area contributed by atoms with Gasteiger partial charge in [0, 0.05) is 19.0 Å². The van der Waals surface area contributed by atoms with Crippen LogP contribution in [0.1, 0.15) is 25.3 Å². The summed E-state index contributed by atoms with van der Waals surface area (Å²) in [6.45, 7) is 2.88. The summed E-state index contributed by atoms with van der Waals surface area (Å²) in [6, 6.07) is 10.1. The molecule has 1 aliphatic rings. The Kier molecular flexibility index (Phi) is 4.55. The third kappa shape index (κ3) is 4.09. The number of carbonyl (C=O) groups is 2. The minimum atomic E-state index is -0.0707. The molecule has 1 saturated heterocycles. The van der Waals surface area contributed by atoms with Gasteiger partial charge in [0.25, 0.3) is 0 Å². The van der Waals surface area contributed by atoms with Crippen LogP contribution in [0.2, 0.25) is 0 Å². The first-order valence-corrected chi connectivity index (χ1v) is 6.76. The molecular weight excluding hydrogens is 240 g/mol. The van der Waals surface area contributed by atoms with Gasteiger partial charge in [-0.25, -0.2) is 0 Å². The number of carbonyl (C=O) groups excluding carboxylic acids is 2. The van der Waals surface area contributed by atoms with Gasteiger partial charge in [-0.2, -0.15) is 0 Å². The van der Waals surface area contributed by atoms with Gasteiger partial charge in [-0.05, 0) is 25.3 Å². The zero-order valence-corrected chi connectivity index (χ0v) is 11.3. The largest absolute Gasteiger partial charge is 0.352 e. The Morgan fingerprint density at radius 2 is 2.11 bits per heavy atom. The highest BCUT2D eigenvalue weighted by atomic mass is 16.2. The van der Waals surface area contributed by atoms with Crippen molar-refractivity contribution in [2.75, 3.05) is 13.1 Å². The van der Waals surface area contributed by atoms with Gasteiger partial charge in [-0.3, -0.25) is 9.59 Å². The number of nitrogens with one attached hydrogen (secondary N) is 1. The summed E-state index contributed by atoms with van der Waals surface area (Å²) < 4.78 is 0. The summed E-state index contributed by atoms with van der Waals surface area (Å²) in [6.07, 6.45) is 2.25. The maximum Gasteiger partial charge on any atom is 0.239 e. The van der Waals surface area contributed by atoms with Crippen LogP contribution in [-0.4, -0.2) is 35.8 Å². The average molecular weight is 260 g/mol. The van der Waals surface area contributed by atoms with E-state index in [0.29, 0.717) is 13.0 Å². The molecule has 0 bridgehead atoms. The van der Waals surface area contributed by atoms with Crippen molar-refractivity contribution < 1.29 is 9.59 Å². The first kappa shape index (κ1) is 13.6. The van der Waals surface area contributed by atoms with Gasteiger partial charge in [-0.15, -0.1) is 0 Å². The first-order chi connectivity index (χ1) is 9.15. The van der Waals surface area contributed by atoms with Crippen molar-refractivity contribution >= 4 is 11.8 Å². The third-order valence-corrected chi connectivity index (χ3v) is 3.30. The van der Waals surface area contributed by atoms with Crippen LogP contribution in [0, 0.1) is 0 Å². The molecule has 0 aromatic heterocycles. The van der Waals surface area contributed by atoms with Crippen molar-refractivity contribution in [2.45, 2.75) is 32.2 Å². The molecule has 1 N–H and O–H groups in total. The van der Waals surface area contributed by atoms with Gasteiger partial charge in [-0.1, -0.05) is 30.3 Å². The number of rotatable bonds is 5. The highest BCUT2D eigenvalue weighted by Crippen LogP contribution is 2.08. The van der Waals surface area contributed by atoms with Crippen LogP contribution in [0.3, 0.4) is 0 Å². The Balaban J connectivity index is 1.77. The third-order valence-electron chi connectivity index (χ3n) is 3.30. The zero-order chi connectivity index (χ0) is 13.7. The van der Waals surface area contributed by atoms with E-state index in [9.17, 15) is 9.59 Å². The molecule has 2 rings (SSSR count). The molecule has 1 aromatic carbocycles. The minimum Gasteiger partial charge on any atom is -0.352 e. The molecule has 19 heavy (non-hydrogen) atoms. The van der Waals surface area contributed by atoms with Crippen molar-refractivity contribution in [2.24, 2.45) is 0 Å². The molecule has 0 aliphatic carbocycles. The Morgan fingerprint density at radius 1 is 1.37 bits per heavy atom. The molecule has 4 nitrogen and oxygen atoms in total. The summed E-state index contributed by atoms with van der Waals surface area (Å²) in [5.41, 5.74) is 1.20. The first-order valence-electron chi connectivity index (χ1n) is 6.76. The molecule has 0 spiro atoms. The predicted octanol–water partition coefficient (Wildman–Crippen LogP) is 1.36. The van der Waals surface area contributed by atoms with Gasteiger partial charge >= 0.3 is 0 Å². The number of hydrogen-bond acceptors (Lipinski definition) is 2. The van der Waals surface area contributed by atoms with Crippen molar-refractivity contribution in [3.05, 3.63) is 35.9 Å². The Labute approximate surface area is 113 Å². The van der Waals surface area contributed by atoms with E-state index in [-0.39, 0.29) is 24.4 Å². The van der Waals surface area contributed by atoms with E-state index in [0.717, 1.165) is 12.8 Å². The summed E-state index contributed by atoms with van der Waals surface area (Å²) >= 11 is 0. The second-order valence-electron chi connectivity index (χ2n) is 5.08. The van der Waals surface area contributed by atoms with Crippen molar-refractivity contribution in [3.63, 3.8) is 0 Å². The van der Waals surface area contributed by atoms with E-state index in [1.165, 1.54) is 5.56 Å². The van der Waals surface area contributed by atoms with Crippen LogP contribution in [-0.2, 0) is 16.0 Å². The Bertz CT molecular complexity index is 445. The van der Waals surface area contributed by atoms with Crippen LogP contribution in [0.15, 0.2) is 30.3 Å². The molecule has 1 atom stereocenters. The quantitative estimate of drug-likeness (QED) is 0.869. The monoisotopic (exact) mass is 260 g/mol. The molecule has 1 fully saturated rings. The zero-order valence-electron chi connectivity index (χ0n) is 11.3. The molecule has 0 unspecified atom stereocenters. The van der Waals surface area contributed by atoms with E-state index in [2.05, 4.69) is 5.32 Å². The summed E-state index contributed by atoms with van der Waals surface area (Å²) in [5.74, 6) is 0.0181. The second-order valence-corrected chi connectivity index (χ2v) is 5.08. The molecule has 4 heteroatoms. The Hall–Kier alpha value is -1.84. The number of amides is 2. The standard InChI is InChI=1S/C15H20N2O2/c1-12(10-13-6-3-2-4-7-13)16-14(18)11-17-9-5-8-15(17)19/h2-4,6-7,12H,5,8-11H2,1H3,(H,16,18)/t12-/m1/s1. The van der Waals surface area contributed by atoms with E-state index in [4.69, 9.17) is 0 Å². The van der Waals surface area contributed by atoms with Crippen molar-refractivity contribution in [3.8, 4) is 0 Å². The van der Waals surface area contributed by atoms with E-state index in [1.807, 2.05) is 37.3 Å². The smallest absolute Gasteiger partial charge is 0.239 e. The van der Waals surface area contributed by atoms with Crippen LogP contribution in [0.4, 0.5) is 0 Å². The van der Waals surface area contributed by atoms with Gasteiger partial charge in [0.1, 0.15) is 0 Å². The lowest BCUT2D eigenvalue weighted by Gasteiger charge is -2.18. The number of benzene rings is 1. The fraction of sp³-hybridized carbons (Fsp3) is 0.467. The number of likely N-dealkylation sites (tertiary alicyclic amines) is 1. The predicted molar refractivity (Wildman–Crippen MR) is 73.6 cm³/mol. The van der Waals surface area contributed by atoms with E-state index in [1.54, 1.807) is 4.90 Å². The van der Waals surface area contributed by atoms with Gasteiger partial charge < -0.3 is 10.2 Å². The number of hydrogen-bond donors (Lipinski definition) is 1. The fourth-order valence-electron chi connectivity index (χ4n) is 2.38. The molecular formula is C15H20N2O2. The molecule has 1 aromatic rings. The van der Waals surface area contributed by atoms with Gasteiger partial charge in [0.05, 0.1) is 6.54 Å². The van der Waals surface area contributed by atoms with Crippen molar-refractivity contribution in [1.29, 1.82) is 0 Å². The molecule has 0 radical (unpaired) electrons. The second kappa shape index (κ2) is 6.36. The van der Waals surface area contributed by atoms with Crippen LogP contribution in [0.5, 0.6) is 0 Å². The maximum atomic E-state index is 11.8. The summed E-state index contributed by atoms with van der Waals surface area (Å²) in [4.78, 5) is 24.9. The SMILES string of the molecule is C[C@H](Cc1ccccc1)NC(=O)CN1CCCC1=O. The highest BCUT2D eigenvalue weighted by Gasteiger charge is 2.22. The van der Waals surface area contributed by atoms with Crippen LogP contribution in [0.25, 0.3) is 0 Å². The van der Waals surface area contributed by atoms with Crippen LogP contribution >= 0.6 is 0 Å².